The van der Waals surface area contributed by atoms with Gasteiger partial charge in [-0.3, -0.25) is 4.79 Å². The fraction of sp³-hybridized carbons (Fsp3) is 0.278. The molecule has 2 rings (SSSR count). The van der Waals surface area contributed by atoms with E-state index in [0.29, 0.717) is 18.9 Å². The molecule has 2 aromatic rings. The molecule has 0 aliphatic rings. The maximum Gasteiger partial charge on any atom is 0.230 e. The van der Waals surface area contributed by atoms with Gasteiger partial charge in [-0.05, 0) is 29.8 Å². The van der Waals surface area contributed by atoms with E-state index in [4.69, 9.17) is 9.47 Å². The maximum atomic E-state index is 11.8. The van der Waals surface area contributed by atoms with Gasteiger partial charge in [-0.15, -0.1) is 11.8 Å². The van der Waals surface area contributed by atoms with E-state index in [0.717, 1.165) is 22.8 Å². The predicted molar refractivity (Wildman–Crippen MR) is 94.1 cm³/mol. The first kappa shape index (κ1) is 17.2. The summed E-state index contributed by atoms with van der Waals surface area (Å²) in [6, 6.07) is 17.3. The fourth-order valence-electron chi connectivity index (χ4n) is 1.90. The first-order valence-electron chi connectivity index (χ1n) is 7.43. The van der Waals surface area contributed by atoms with Gasteiger partial charge >= 0.3 is 0 Å². The molecule has 0 aliphatic heterocycles. The van der Waals surface area contributed by atoms with E-state index in [1.54, 1.807) is 18.9 Å². The lowest BCUT2D eigenvalue weighted by molar-refractivity contribution is -0.118. The van der Waals surface area contributed by atoms with Gasteiger partial charge < -0.3 is 14.8 Å². The van der Waals surface area contributed by atoms with E-state index in [1.807, 2.05) is 54.6 Å². The summed E-state index contributed by atoms with van der Waals surface area (Å²) >= 11 is 1.56. The highest BCUT2D eigenvalue weighted by Crippen LogP contribution is 2.11. The van der Waals surface area contributed by atoms with Crippen LogP contribution >= 0.6 is 11.8 Å². The van der Waals surface area contributed by atoms with Crippen molar-refractivity contribution in [1.29, 1.82) is 0 Å². The van der Waals surface area contributed by atoms with Crippen molar-refractivity contribution in [3.8, 4) is 11.5 Å². The molecule has 0 unspecified atom stereocenters. The summed E-state index contributed by atoms with van der Waals surface area (Å²) in [7, 11) is 1.63. The number of carbonyl (C=O) groups is 1. The number of hydrogen-bond acceptors (Lipinski definition) is 4. The summed E-state index contributed by atoms with van der Waals surface area (Å²) in [6.07, 6.45) is 0. The van der Waals surface area contributed by atoms with E-state index in [1.165, 1.54) is 0 Å². The first-order chi connectivity index (χ1) is 11.3. The fourth-order valence-corrected chi connectivity index (χ4v) is 2.53. The lowest BCUT2D eigenvalue weighted by Gasteiger charge is -2.07. The Hall–Kier alpha value is -2.14. The minimum atomic E-state index is 0.0329. The number of rotatable bonds is 9. The molecular weight excluding hydrogens is 310 g/mol. The summed E-state index contributed by atoms with van der Waals surface area (Å²) in [5, 5.41) is 2.90. The molecule has 4 nitrogen and oxygen atoms in total. The second kappa shape index (κ2) is 9.79. The third-order valence-electron chi connectivity index (χ3n) is 3.12. The van der Waals surface area contributed by atoms with Crippen LogP contribution in [0.4, 0.5) is 0 Å². The molecular formula is C18H21NO3S. The summed E-state index contributed by atoms with van der Waals surface area (Å²) in [4.78, 5) is 11.8. The molecule has 0 aliphatic carbocycles. The van der Waals surface area contributed by atoms with Crippen molar-refractivity contribution in [2.24, 2.45) is 0 Å². The molecule has 0 bridgehead atoms. The quantitative estimate of drug-likeness (QED) is 0.717. The molecule has 0 spiro atoms. The normalized spacial score (nSPS) is 10.1. The number of carbonyl (C=O) groups excluding carboxylic acids is 1. The highest BCUT2D eigenvalue weighted by Gasteiger charge is 2.02. The maximum absolute atomic E-state index is 11.8. The number of para-hydroxylation sites is 1. The van der Waals surface area contributed by atoms with Crippen molar-refractivity contribution in [1.82, 2.24) is 5.32 Å². The number of ether oxygens (including phenoxy) is 2. The monoisotopic (exact) mass is 331 g/mol. The number of methoxy groups -OCH3 is 1. The lowest BCUT2D eigenvalue weighted by Crippen LogP contribution is -2.24. The average molecular weight is 331 g/mol. The minimum Gasteiger partial charge on any atom is -0.497 e. The number of hydrogen-bond donors (Lipinski definition) is 1. The summed E-state index contributed by atoms with van der Waals surface area (Å²) < 4.78 is 10.7. The van der Waals surface area contributed by atoms with Crippen LogP contribution in [-0.2, 0) is 11.3 Å². The number of thioether (sulfide) groups is 1. The van der Waals surface area contributed by atoms with Gasteiger partial charge in [0.05, 0.1) is 19.5 Å². The molecule has 122 valence electrons. The van der Waals surface area contributed by atoms with Crippen LogP contribution in [0.5, 0.6) is 11.5 Å². The summed E-state index contributed by atoms with van der Waals surface area (Å²) in [5.41, 5.74) is 1.05. The zero-order chi connectivity index (χ0) is 16.3. The van der Waals surface area contributed by atoms with Crippen LogP contribution in [0.15, 0.2) is 54.6 Å². The largest absolute Gasteiger partial charge is 0.497 e. The standard InChI is InChI=1S/C18H21NO3S/c1-21-16-9-7-15(8-10-16)13-19-18(20)14-23-12-11-22-17-5-3-2-4-6-17/h2-10H,11-14H2,1H3,(H,19,20). The highest BCUT2D eigenvalue weighted by atomic mass is 32.2. The van der Waals surface area contributed by atoms with Gasteiger partial charge in [-0.1, -0.05) is 30.3 Å². The number of benzene rings is 2. The predicted octanol–water partition coefficient (Wildman–Crippen LogP) is 3.12. The minimum absolute atomic E-state index is 0.0329. The highest BCUT2D eigenvalue weighted by molar-refractivity contribution is 7.99. The molecule has 0 radical (unpaired) electrons. The van der Waals surface area contributed by atoms with Crippen LogP contribution in [0.2, 0.25) is 0 Å². The molecule has 0 aromatic heterocycles. The molecule has 0 fully saturated rings. The van der Waals surface area contributed by atoms with Crippen LogP contribution < -0.4 is 14.8 Å². The second-order valence-electron chi connectivity index (χ2n) is 4.84. The Morgan fingerprint density at radius 1 is 1.04 bits per heavy atom. The van der Waals surface area contributed by atoms with Gasteiger partial charge in [0.1, 0.15) is 11.5 Å². The van der Waals surface area contributed by atoms with E-state index in [2.05, 4.69) is 5.32 Å². The van der Waals surface area contributed by atoms with Gasteiger partial charge in [0.2, 0.25) is 5.91 Å². The Morgan fingerprint density at radius 3 is 2.48 bits per heavy atom. The Morgan fingerprint density at radius 2 is 1.78 bits per heavy atom. The summed E-state index contributed by atoms with van der Waals surface area (Å²) in [6.45, 7) is 1.13. The third-order valence-corrected chi connectivity index (χ3v) is 4.04. The third kappa shape index (κ3) is 6.65. The first-order valence-corrected chi connectivity index (χ1v) is 8.58. The van der Waals surface area contributed by atoms with Crippen molar-refractivity contribution < 1.29 is 14.3 Å². The SMILES string of the molecule is COc1ccc(CNC(=O)CSCCOc2ccccc2)cc1. The van der Waals surface area contributed by atoms with Crippen LogP contribution in [0.25, 0.3) is 0 Å². The molecule has 1 amide bonds. The van der Waals surface area contributed by atoms with E-state index < -0.39 is 0 Å². The van der Waals surface area contributed by atoms with Crippen molar-refractivity contribution >= 4 is 17.7 Å². The van der Waals surface area contributed by atoms with Crippen molar-refractivity contribution in [2.45, 2.75) is 6.54 Å². The molecule has 0 saturated carbocycles. The van der Waals surface area contributed by atoms with Crippen LogP contribution in [0, 0.1) is 0 Å². The van der Waals surface area contributed by atoms with Crippen LogP contribution in [0.3, 0.4) is 0 Å². The average Bonchev–Trinajstić information content (AvgIpc) is 2.61. The van der Waals surface area contributed by atoms with Crippen molar-refractivity contribution in [2.75, 3.05) is 25.2 Å². The topological polar surface area (TPSA) is 47.6 Å². The van der Waals surface area contributed by atoms with Crippen molar-refractivity contribution in [3.05, 3.63) is 60.2 Å². The Kier molecular flexibility index (Phi) is 7.33. The van der Waals surface area contributed by atoms with Crippen LogP contribution in [-0.4, -0.2) is 31.1 Å². The van der Waals surface area contributed by atoms with Crippen LogP contribution in [0.1, 0.15) is 5.56 Å². The second-order valence-corrected chi connectivity index (χ2v) is 5.94. The molecule has 1 N–H and O–H groups in total. The number of nitrogens with one attached hydrogen (secondary N) is 1. The van der Waals surface area contributed by atoms with E-state index in [9.17, 15) is 4.79 Å². The molecule has 0 heterocycles. The molecule has 5 heteroatoms. The molecule has 23 heavy (non-hydrogen) atoms. The van der Waals surface area contributed by atoms with Gasteiger partial charge in [0.25, 0.3) is 0 Å². The van der Waals surface area contributed by atoms with E-state index >= 15 is 0 Å². The molecule has 0 saturated heterocycles. The van der Waals surface area contributed by atoms with E-state index in [-0.39, 0.29) is 5.91 Å². The Bertz CT molecular complexity index is 587. The molecule has 0 atom stereocenters. The van der Waals surface area contributed by atoms with Crippen molar-refractivity contribution in [3.63, 3.8) is 0 Å². The number of amides is 1. The Labute approximate surface area is 141 Å². The summed E-state index contributed by atoms with van der Waals surface area (Å²) in [5.74, 6) is 2.93. The van der Waals surface area contributed by atoms with Gasteiger partial charge in [-0.25, -0.2) is 0 Å². The van der Waals surface area contributed by atoms with Gasteiger partial charge in [0.15, 0.2) is 0 Å². The molecule has 2 aromatic carbocycles. The zero-order valence-corrected chi connectivity index (χ0v) is 14.0. The zero-order valence-electron chi connectivity index (χ0n) is 13.2. The van der Waals surface area contributed by atoms with Gasteiger partial charge in [0, 0.05) is 12.3 Å². The smallest absolute Gasteiger partial charge is 0.230 e. The Balaban J connectivity index is 1.56. The van der Waals surface area contributed by atoms with Gasteiger partial charge in [-0.2, -0.15) is 0 Å². The lowest BCUT2D eigenvalue weighted by atomic mass is 10.2.